The van der Waals surface area contributed by atoms with Crippen molar-refractivity contribution >= 4 is 10.0 Å². The van der Waals surface area contributed by atoms with Crippen LogP contribution in [-0.2, 0) is 23.0 Å². The van der Waals surface area contributed by atoms with Crippen LogP contribution in [-0.4, -0.2) is 45.3 Å². The first-order valence-corrected chi connectivity index (χ1v) is 9.63. The Morgan fingerprint density at radius 1 is 1.08 bits per heavy atom. The standard InChI is InChI=1S/C16H18N6O3S/c23-16-7-6-15(22-13-17-12-18-22)20-21(16)10-9-19-26(24,25)11-8-14-4-2-1-3-5-14/h1-7,12-13,19H,8-11H2. The van der Waals surface area contributed by atoms with Crippen molar-refractivity contribution in [3.8, 4) is 5.82 Å². The molecule has 0 spiro atoms. The molecule has 0 aliphatic rings. The van der Waals surface area contributed by atoms with Crippen LogP contribution in [0.15, 0.2) is 59.9 Å². The quantitative estimate of drug-likeness (QED) is 0.593. The van der Waals surface area contributed by atoms with Crippen LogP contribution in [0.2, 0.25) is 0 Å². The predicted octanol–water partition coefficient (Wildman–Crippen LogP) is -0.0139. The third-order valence-electron chi connectivity index (χ3n) is 3.65. The van der Waals surface area contributed by atoms with Gasteiger partial charge in [-0.3, -0.25) is 4.79 Å². The van der Waals surface area contributed by atoms with Crippen molar-refractivity contribution in [2.45, 2.75) is 13.0 Å². The topological polar surface area (TPSA) is 112 Å². The van der Waals surface area contributed by atoms with Gasteiger partial charge in [0.2, 0.25) is 10.0 Å². The summed E-state index contributed by atoms with van der Waals surface area (Å²) in [7, 11) is -3.44. The third-order valence-corrected chi connectivity index (χ3v) is 5.04. The maximum absolute atomic E-state index is 12.1. The normalized spacial score (nSPS) is 11.5. The summed E-state index contributed by atoms with van der Waals surface area (Å²) in [6.07, 6.45) is 3.25. The van der Waals surface area contributed by atoms with E-state index in [-0.39, 0.29) is 24.4 Å². The van der Waals surface area contributed by atoms with Gasteiger partial charge in [0.1, 0.15) is 12.7 Å². The van der Waals surface area contributed by atoms with E-state index in [4.69, 9.17) is 0 Å². The SMILES string of the molecule is O=c1ccc(-n2cncn2)nn1CCNS(=O)(=O)CCc1ccccc1. The van der Waals surface area contributed by atoms with E-state index >= 15 is 0 Å². The van der Waals surface area contributed by atoms with Gasteiger partial charge in [-0.05, 0) is 18.1 Å². The largest absolute Gasteiger partial charge is 0.268 e. The van der Waals surface area contributed by atoms with Gasteiger partial charge in [-0.2, -0.15) is 5.10 Å². The highest BCUT2D eigenvalue weighted by atomic mass is 32.2. The molecule has 2 aromatic heterocycles. The van der Waals surface area contributed by atoms with Gasteiger partial charge in [-0.1, -0.05) is 30.3 Å². The Hall–Kier alpha value is -2.85. The number of hydrogen-bond donors (Lipinski definition) is 1. The summed E-state index contributed by atoms with van der Waals surface area (Å²) in [4.78, 5) is 15.7. The van der Waals surface area contributed by atoms with Crippen molar-refractivity contribution in [2.24, 2.45) is 0 Å². The number of aryl methyl sites for hydroxylation is 1. The van der Waals surface area contributed by atoms with Crippen molar-refractivity contribution in [3.63, 3.8) is 0 Å². The van der Waals surface area contributed by atoms with Crippen molar-refractivity contribution in [1.29, 1.82) is 0 Å². The Bertz CT molecular complexity index is 1000. The summed E-state index contributed by atoms with van der Waals surface area (Å²) < 4.78 is 29.3. The molecule has 0 amide bonds. The van der Waals surface area contributed by atoms with E-state index in [9.17, 15) is 13.2 Å². The fraction of sp³-hybridized carbons (Fsp3) is 0.250. The Morgan fingerprint density at radius 3 is 2.62 bits per heavy atom. The minimum Gasteiger partial charge on any atom is -0.268 e. The Balaban J connectivity index is 1.57. The zero-order valence-electron chi connectivity index (χ0n) is 13.9. The lowest BCUT2D eigenvalue weighted by Crippen LogP contribution is -2.33. The molecule has 2 heterocycles. The van der Waals surface area contributed by atoms with Gasteiger partial charge in [0.25, 0.3) is 5.56 Å². The molecule has 9 nitrogen and oxygen atoms in total. The number of rotatable bonds is 8. The molecule has 0 atom stereocenters. The highest BCUT2D eigenvalue weighted by Gasteiger charge is 2.10. The zero-order valence-corrected chi connectivity index (χ0v) is 14.7. The molecule has 0 saturated heterocycles. The third kappa shape index (κ3) is 4.83. The smallest absolute Gasteiger partial charge is 0.266 e. The molecule has 0 radical (unpaired) electrons. The first-order valence-electron chi connectivity index (χ1n) is 7.98. The van der Waals surface area contributed by atoms with Crippen LogP contribution in [0.1, 0.15) is 5.56 Å². The van der Waals surface area contributed by atoms with Crippen molar-refractivity contribution in [1.82, 2.24) is 29.3 Å². The average molecular weight is 374 g/mol. The molecule has 1 aromatic carbocycles. The van der Waals surface area contributed by atoms with Crippen molar-refractivity contribution < 1.29 is 8.42 Å². The molecule has 0 fully saturated rings. The lowest BCUT2D eigenvalue weighted by atomic mass is 10.2. The van der Waals surface area contributed by atoms with Crippen LogP contribution in [0.4, 0.5) is 0 Å². The fourth-order valence-electron chi connectivity index (χ4n) is 2.32. The highest BCUT2D eigenvalue weighted by Crippen LogP contribution is 2.01. The molecule has 1 N–H and O–H groups in total. The second-order valence-electron chi connectivity index (χ2n) is 5.54. The highest BCUT2D eigenvalue weighted by molar-refractivity contribution is 7.89. The molecule has 3 aromatic rings. The van der Waals surface area contributed by atoms with Crippen molar-refractivity contribution in [2.75, 3.05) is 12.3 Å². The molecule has 10 heteroatoms. The van der Waals surface area contributed by atoms with Gasteiger partial charge in [0.15, 0.2) is 5.82 Å². The molecule has 0 unspecified atom stereocenters. The molecule has 136 valence electrons. The number of nitrogens with one attached hydrogen (secondary N) is 1. The van der Waals surface area contributed by atoms with Gasteiger partial charge >= 0.3 is 0 Å². The molecular weight excluding hydrogens is 356 g/mol. The second kappa shape index (κ2) is 8.02. The van der Waals surface area contributed by atoms with E-state index in [1.807, 2.05) is 30.3 Å². The zero-order chi connectivity index (χ0) is 18.4. The molecule has 0 aliphatic carbocycles. The second-order valence-corrected chi connectivity index (χ2v) is 7.47. The lowest BCUT2D eigenvalue weighted by molar-refractivity contribution is 0.541. The van der Waals surface area contributed by atoms with Crippen molar-refractivity contribution in [3.05, 3.63) is 71.0 Å². The van der Waals surface area contributed by atoms with Crippen LogP contribution in [0.25, 0.3) is 5.82 Å². The minimum absolute atomic E-state index is 0.0155. The average Bonchev–Trinajstić information content (AvgIpc) is 3.17. The van der Waals surface area contributed by atoms with E-state index in [1.165, 1.54) is 34.2 Å². The van der Waals surface area contributed by atoms with Crippen LogP contribution in [0.3, 0.4) is 0 Å². The first-order chi connectivity index (χ1) is 12.5. The van der Waals surface area contributed by atoms with Gasteiger partial charge in [0, 0.05) is 12.6 Å². The van der Waals surface area contributed by atoms with Gasteiger partial charge < -0.3 is 0 Å². The Kier molecular flexibility index (Phi) is 5.54. The van der Waals surface area contributed by atoms with E-state index in [1.54, 1.807) is 0 Å². The maximum atomic E-state index is 12.1. The minimum atomic E-state index is -3.44. The predicted molar refractivity (Wildman–Crippen MR) is 95.3 cm³/mol. The van der Waals surface area contributed by atoms with Crippen LogP contribution >= 0.6 is 0 Å². The van der Waals surface area contributed by atoms with Gasteiger partial charge in [-0.15, -0.1) is 5.10 Å². The molecule has 0 aliphatic heterocycles. The number of aromatic nitrogens is 5. The summed E-state index contributed by atoms with van der Waals surface area (Å²) in [5.41, 5.74) is 0.633. The summed E-state index contributed by atoms with van der Waals surface area (Å²) in [5.74, 6) is 0.409. The lowest BCUT2D eigenvalue weighted by Gasteiger charge is -2.09. The Labute approximate surface area is 150 Å². The molecule has 3 rings (SSSR count). The number of benzene rings is 1. The number of sulfonamides is 1. The Morgan fingerprint density at radius 2 is 1.88 bits per heavy atom. The maximum Gasteiger partial charge on any atom is 0.266 e. The summed E-state index contributed by atoms with van der Waals surface area (Å²) in [6, 6.07) is 12.3. The van der Waals surface area contributed by atoms with Crippen LogP contribution in [0.5, 0.6) is 0 Å². The monoisotopic (exact) mass is 374 g/mol. The fourth-order valence-corrected chi connectivity index (χ4v) is 3.37. The van der Waals surface area contributed by atoms with E-state index < -0.39 is 10.0 Å². The molecule has 26 heavy (non-hydrogen) atoms. The van der Waals surface area contributed by atoms with E-state index in [0.29, 0.717) is 12.2 Å². The molecule has 0 bridgehead atoms. The number of nitrogens with zero attached hydrogens (tertiary/aromatic N) is 5. The first kappa shape index (κ1) is 18.0. The van der Waals surface area contributed by atoms with Gasteiger partial charge in [0.05, 0.1) is 12.3 Å². The van der Waals surface area contributed by atoms with Gasteiger partial charge in [-0.25, -0.2) is 27.5 Å². The van der Waals surface area contributed by atoms with Crippen LogP contribution in [0, 0.1) is 0 Å². The summed E-state index contributed by atoms with van der Waals surface area (Å²) in [6.45, 7) is 0.191. The molecule has 0 saturated carbocycles. The summed E-state index contributed by atoms with van der Waals surface area (Å²) >= 11 is 0. The van der Waals surface area contributed by atoms with Crippen LogP contribution < -0.4 is 10.3 Å². The molecular formula is C16H18N6O3S. The van der Waals surface area contributed by atoms with E-state index in [0.717, 1.165) is 5.56 Å². The number of hydrogen-bond acceptors (Lipinski definition) is 6. The van der Waals surface area contributed by atoms with E-state index in [2.05, 4.69) is 19.9 Å². The summed E-state index contributed by atoms with van der Waals surface area (Å²) in [5, 5.41) is 8.10.